The maximum absolute atomic E-state index is 3.58. The zero-order valence-corrected chi connectivity index (χ0v) is 36.6. The van der Waals surface area contributed by atoms with Crippen LogP contribution < -0.4 is 5.32 Å². The van der Waals surface area contributed by atoms with Crippen LogP contribution in [0.4, 0.5) is 11.4 Å². The lowest BCUT2D eigenvalue weighted by Gasteiger charge is -2.22. The van der Waals surface area contributed by atoms with Crippen LogP contribution in [-0.2, 0) is 5.41 Å². The molecular formula is C63H48N2. The molecule has 0 atom stereocenters. The fourth-order valence-corrected chi connectivity index (χ4v) is 9.67. The molecule has 1 N–H and O–H groups in total. The Balaban J connectivity index is 0.000000150. The van der Waals surface area contributed by atoms with E-state index in [1.165, 1.54) is 94.3 Å². The zero-order chi connectivity index (χ0) is 43.7. The number of anilines is 2. The van der Waals surface area contributed by atoms with Gasteiger partial charge in [0, 0.05) is 33.2 Å². The number of fused-ring (bicyclic) bond motifs is 6. The summed E-state index contributed by atoms with van der Waals surface area (Å²) in [6.07, 6.45) is 0. The van der Waals surface area contributed by atoms with Crippen LogP contribution >= 0.6 is 0 Å². The summed E-state index contributed by atoms with van der Waals surface area (Å²) in [6, 6.07) is 89.0. The first-order valence-corrected chi connectivity index (χ1v) is 22.5. The van der Waals surface area contributed by atoms with E-state index in [4.69, 9.17) is 0 Å². The van der Waals surface area contributed by atoms with E-state index in [2.05, 4.69) is 266 Å². The van der Waals surface area contributed by atoms with Crippen molar-refractivity contribution in [2.75, 3.05) is 5.32 Å². The molecule has 12 rings (SSSR count). The standard InChI is InChI=1S/C36H25N.C27H23N/c1-3-9-26(10-4-1)27-15-17-28(18-16-27)29-19-21-30(22-20-29)31-23-24-36-34(25-31)33-13-7-8-14-35(33)37(36)32-11-5-2-6-12-32;1-27(2)25-11-7-6-10-23(25)24-17-16-22(18-26(24)27)28-21-14-12-20(13-15-21)19-8-4-3-5-9-19/h1-25H;3-18,28H,1-2H3. The highest BCUT2D eigenvalue weighted by atomic mass is 15.0. The maximum atomic E-state index is 3.58. The second-order valence-electron chi connectivity index (χ2n) is 17.4. The van der Waals surface area contributed by atoms with Gasteiger partial charge in [0.05, 0.1) is 11.0 Å². The van der Waals surface area contributed by atoms with Crippen molar-refractivity contribution in [3.05, 3.63) is 260 Å². The minimum Gasteiger partial charge on any atom is -0.356 e. The lowest BCUT2D eigenvalue weighted by atomic mass is 9.82. The molecule has 0 saturated carbocycles. The average molecular weight is 833 g/mol. The van der Waals surface area contributed by atoms with Crippen molar-refractivity contribution in [3.63, 3.8) is 0 Å². The molecule has 2 heteroatoms. The topological polar surface area (TPSA) is 17.0 Å². The third-order valence-corrected chi connectivity index (χ3v) is 13.1. The van der Waals surface area contributed by atoms with Crippen molar-refractivity contribution < 1.29 is 0 Å². The van der Waals surface area contributed by atoms with Gasteiger partial charge in [-0.3, -0.25) is 0 Å². The van der Waals surface area contributed by atoms with Crippen molar-refractivity contribution in [2.45, 2.75) is 19.3 Å². The number of benzene rings is 10. The van der Waals surface area contributed by atoms with Crippen LogP contribution in [0, 0.1) is 0 Å². The fraction of sp³-hybridized carbons (Fsp3) is 0.0476. The van der Waals surface area contributed by atoms with E-state index in [1.54, 1.807) is 0 Å². The summed E-state index contributed by atoms with van der Waals surface area (Å²) in [5, 5.41) is 6.13. The molecule has 0 unspecified atom stereocenters. The van der Waals surface area contributed by atoms with Gasteiger partial charge in [-0.05, 0) is 121 Å². The van der Waals surface area contributed by atoms with Gasteiger partial charge in [0.15, 0.2) is 0 Å². The Morgan fingerprint density at radius 3 is 1.35 bits per heavy atom. The van der Waals surface area contributed by atoms with Crippen LogP contribution in [0.15, 0.2) is 249 Å². The smallest absolute Gasteiger partial charge is 0.0541 e. The van der Waals surface area contributed by atoms with Gasteiger partial charge < -0.3 is 9.88 Å². The molecule has 0 radical (unpaired) electrons. The Labute approximate surface area is 381 Å². The quantitative estimate of drug-likeness (QED) is 0.169. The number of rotatable bonds is 7. The lowest BCUT2D eigenvalue weighted by molar-refractivity contribution is 0.660. The molecule has 1 aliphatic carbocycles. The predicted octanol–water partition coefficient (Wildman–Crippen LogP) is 17.2. The van der Waals surface area contributed by atoms with E-state index in [0.717, 1.165) is 11.4 Å². The summed E-state index contributed by atoms with van der Waals surface area (Å²) in [5.41, 5.74) is 21.3. The highest BCUT2D eigenvalue weighted by Crippen LogP contribution is 2.49. The molecule has 0 bridgehead atoms. The van der Waals surface area contributed by atoms with Gasteiger partial charge in [-0.15, -0.1) is 0 Å². The third kappa shape index (κ3) is 7.60. The molecule has 0 amide bonds. The number of para-hydroxylation sites is 2. The summed E-state index contributed by atoms with van der Waals surface area (Å²) >= 11 is 0. The Hall–Kier alpha value is -8.20. The van der Waals surface area contributed by atoms with Crippen molar-refractivity contribution in [3.8, 4) is 61.3 Å². The molecule has 0 spiro atoms. The highest BCUT2D eigenvalue weighted by Gasteiger charge is 2.35. The van der Waals surface area contributed by atoms with Crippen LogP contribution in [0.1, 0.15) is 25.0 Å². The molecule has 11 aromatic rings. The molecular weight excluding hydrogens is 785 g/mol. The largest absolute Gasteiger partial charge is 0.356 e. The highest BCUT2D eigenvalue weighted by molar-refractivity contribution is 6.10. The minimum atomic E-state index is 0.0286. The van der Waals surface area contributed by atoms with Crippen molar-refractivity contribution in [1.29, 1.82) is 0 Å². The summed E-state index contributed by atoms with van der Waals surface area (Å²) in [6.45, 7) is 4.63. The molecule has 0 aliphatic heterocycles. The van der Waals surface area contributed by atoms with Gasteiger partial charge in [-0.1, -0.05) is 208 Å². The SMILES string of the molecule is CC1(C)c2ccccc2-c2ccc(Nc3ccc(-c4ccccc4)cc3)cc21.c1ccc(-c2ccc(-c3ccc(-c4ccc5c(c4)c4ccccc4n5-c4ccccc4)cc3)cc2)cc1. The lowest BCUT2D eigenvalue weighted by Crippen LogP contribution is -2.15. The van der Waals surface area contributed by atoms with E-state index in [0.29, 0.717) is 0 Å². The van der Waals surface area contributed by atoms with Gasteiger partial charge in [0.2, 0.25) is 0 Å². The van der Waals surface area contributed by atoms with Crippen molar-refractivity contribution >= 4 is 33.2 Å². The van der Waals surface area contributed by atoms with Crippen LogP contribution in [0.3, 0.4) is 0 Å². The van der Waals surface area contributed by atoms with Gasteiger partial charge in [-0.25, -0.2) is 0 Å². The minimum absolute atomic E-state index is 0.0286. The first-order chi connectivity index (χ1) is 32.0. The maximum Gasteiger partial charge on any atom is 0.0541 e. The number of nitrogens with zero attached hydrogens (tertiary/aromatic N) is 1. The first-order valence-electron chi connectivity index (χ1n) is 22.5. The van der Waals surface area contributed by atoms with Crippen molar-refractivity contribution in [1.82, 2.24) is 4.57 Å². The molecule has 0 saturated heterocycles. The molecule has 1 aromatic heterocycles. The predicted molar refractivity (Wildman–Crippen MR) is 276 cm³/mol. The van der Waals surface area contributed by atoms with Gasteiger partial charge >= 0.3 is 0 Å². The van der Waals surface area contributed by atoms with E-state index in [-0.39, 0.29) is 5.41 Å². The van der Waals surface area contributed by atoms with Crippen molar-refractivity contribution in [2.24, 2.45) is 0 Å². The summed E-state index contributed by atoms with van der Waals surface area (Å²) in [5.74, 6) is 0. The fourth-order valence-electron chi connectivity index (χ4n) is 9.67. The number of hydrogen-bond acceptors (Lipinski definition) is 1. The van der Waals surface area contributed by atoms with E-state index in [9.17, 15) is 0 Å². The molecule has 0 fully saturated rings. The normalized spacial score (nSPS) is 12.3. The van der Waals surface area contributed by atoms with Gasteiger partial charge in [0.25, 0.3) is 0 Å². The van der Waals surface area contributed by atoms with E-state index < -0.39 is 0 Å². The Kier molecular flexibility index (Phi) is 10.3. The second kappa shape index (κ2) is 16.8. The molecule has 10 aromatic carbocycles. The molecule has 1 heterocycles. The molecule has 1 aliphatic rings. The summed E-state index contributed by atoms with van der Waals surface area (Å²) in [7, 11) is 0. The second-order valence-corrected chi connectivity index (χ2v) is 17.4. The van der Waals surface area contributed by atoms with Gasteiger partial charge in [-0.2, -0.15) is 0 Å². The monoisotopic (exact) mass is 832 g/mol. The third-order valence-electron chi connectivity index (χ3n) is 13.1. The van der Waals surface area contributed by atoms with Gasteiger partial charge in [0.1, 0.15) is 0 Å². The number of aromatic nitrogens is 1. The zero-order valence-electron chi connectivity index (χ0n) is 36.6. The molecule has 2 nitrogen and oxygen atoms in total. The summed E-state index contributed by atoms with van der Waals surface area (Å²) in [4.78, 5) is 0. The van der Waals surface area contributed by atoms with Crippen LogP contribution in [-0.4, -0.2) is 4.57 Å². The number of hydrogen-bond donors (Lipinski definition) is 1. The average Bonchev–Trinajstić information content (AvgIpc) is 3.83. The number of nitrogens with one attached hydrogen (secondary N) is 1. The summed E-state index contributed by atoms with van der Waals surface area (Å²) < 4.78 is 2.36. The Bertz CT molecular complexity index is 3420. The Morgan fingerprint density at radius 1 is 0.308 bits per heavy atom. The van der Waals surface area contributed by atoms with E-state index in [1.807, 2.05) is 6.07 Å². The van der Waals surface area contributed by atoms with E-state index >= 15 is 0 Å². The molecule has 65 heavy (non-hydrogen) atoms. The molecule has 310 valence electrons. The first kappa shape index (κ1) is 39.6. The Morgan fingerprint density at radius 2 is 0.738 bits per heavy atom. The van der Waals surface area contributed by atoms with Crippen LogP contribution in [0.5, 0.6) is 0 Å². The van der Waals surface area contributed by atoms with Crippen LogP contribution in [0.2, 0.25) is 0 Å². The van der Waals surface area contributed by atoms with Crippen LogP contribution in [0.25, 0.3) is 83.1 Å².